The molecule has 1 aliphatic rings. The van der Waals surface area contributed by atoms with Gasteiger partial charge in [-0.3, -0.25) is 4.79 Å². The predicted molar refractivity (Wildman–Crippen MR) is 105 cm³/mol. The minimum atomic E-state index is -0.844. The van der Waals surface area contributed by atoms with Gasteiger partial charge in [0.05, 0.1) is 5.92 Å². The molecule has 144 valence electrons. The van der Waals surface area contributed by atoms with Crippen molar-refractivity contribution < 1.29 is 19.4 Å². The highest BCUT2D eigenvalue weighted by atomic mass is 16.6. The molecule has 1 amide bonds. The lowest BCUT2D eigenvalue weighted by Crippen LogP contribution is -2.36. The first-order valence-corrected chi connectivity index (χ1v) is 9.42. The molecule has 3 rings (SSSR count). The number of amides is 1. The number of carboxylic acids is 1. The number of likely N-dealkylation sites (tertiary alicyclic amines) is 1. The van der Waals surface area contributed by atoms with Gasteiger partial charge in [-0.15, -0.1) is 0 Å². The summed E-state index contributed by atoms with van der Waals surface area (Å²) < 4.78 is 5.41. The van der Waals surface area contributed by atoms with Crippen molar-refractivity contribution in [2.45, 2.75) is 39.2 Å². The van der Waals surface area contributed by atoms with Crippen LogP contribution in [0.3, 0.4) is 0 Å². The molecule has 0 saturated carbocycles. The summed E-state index contributed by atoms with van der Waals surface area (Å²) in [4.78, 5) is 25.6. The molecule has 0 bridgehead atoms. The van der Waals surface area contributed by atoms with Gasteiger partial charge in [0.15, 0.2) is 0 Å². The van der Waals surface area contributed by atoms with Gasteiger partial charge in [-0.25, -0.2) is 4.79 Å². The van der Waals surface area contributed by atoms with Crippen molar-refractivity contribution in [2.75, 3.05) is 13.1 Å². The fourth-order valence-electron chi connectivity index (χ4n) is 3.77. The summed E-state index contributed by atoms with van der Waals surface area (Å²) in [6, 6.07) is 14.4. The number of carbonyl (C=O) groups is 2. The number of hydrogen-bond donors (Lipinski definition) is 1. The minimum absolute atomic E-state index is 0.0750. The molecule has 2 atom stereocenters. The monoisotopic (exact) mass is 369 g/mol. The minimum Gasteiger partial charge on any atom is -0.481 e. The van der Waals surface area contributed by atoms with E-state index in [0.29, 0.717) is 6.54 Å². The van der Waals surface area contributed by atoms with Gasteiger partial charge in [0.2, 0.25) is 0 Å². The van der Waals surface area contributed by atoms with Gasteiger partial charge in [0.1, 0.15) is 5.60 Å². The Morgan fingerprint density at radius 3 is 2.52 bits per heavy atom. The molecule has 5 nitrogen and oxygen atoms in total. The third-order valence-corrected chi connectivity index (χ3v) is 5.07. The van der Waals surface area contributed by atoms with Crippen LogP contribution >= 0.6 is 0 Å². The Morgan fingerprint density at radius 1 is 1.11 bits per heavy atom. The second kappa shape index (κ2) is 7.59. The number of aliphatic carboxylic acids is 1. The molecular weight excluding hydrogens is 342 g/mol. The number of carbonyl (C=O) groups excluding carboxylic acids is 1. The summed E-state index contributed by atoms with van der Waals surface area (Å²) in [5.41, 5.74) is 0.629. The van der Waals surface area contributed by atoms with Crippen LogP contribution in [0.25, 0.3) is 10.8 Å². The number of aryl methyl sites for hydroxylation is 1. The number of ether oxygens (including phenoxy) is 1. The second-order valence-corrected chi connectivity index (χ2v) is 8.27. The van der Waals surface area contributed by atoms with Crippen molar-refractivity contribution in [3.05, 3.63) is 48.0 Å². The van der Waals surface area contributed by atoms with E-state index in [2.05, 4.69) is 24.3 Å². The molecule has 2 aromatic rings. The Hall–Kier alpha value is -2.56. The smallest absolute Gasteiger partial charge is 0.410 e. The van der Waals surface area contributed by atoms with Gasteiger partial charge in [-0.2, -0.15) is 0 Å². The number of hydrogen-bond acceptors (Lipinski definition) is 3. The zero-order valence-electron chi connectivity index (χ0n) is 16.1. The standard InChI is InChI=1S/C22H27NO4/c1-22(2,3)27-21(26)23-13-17(19(14-23)20(24)25)12-11-16-9-6-8-15-7-4-5-10-18(15)16/h4-10,17,19H,11-14H2,1-3H3,(H,24,25)/t17-,19-/m0/s1. The Morgan fingerprint density at radius 2 is 1.81 bits per heavy atom. The van der Waals surface area contributed by atoms with Crippen molar-refractivity contribution in [1.29, 1.82) is 0 Å². The highest BCUT2D eigenvalue weighted by Crippen LogP contribution is 2.30. The molecule has 0 aliphatic carbocycles. The Balaban J connectivity index is 1.71. The van der Waals surface area contributed by atoms with E-state index in [9.17, 15) is 14.7 Å². The quantitative estimate of drug-likeness (QED) is 0.870. The zero-order chi connectivity index (χ0) is 19.6. The molecule has 1 N–H and O–H groups in total. The van der Waals surface area contributed by atoms with Gasteiger partial charge in [0.25, 0.3) is 0 Å². The second-order valence-electron chi connectivity index (χ2n) is 8.27. The number of fused-ring (bicyclic) bond motifs is 1. The lowest BCUT2D eigenvalue weighted by Gasteiger charge is -2.24. The van der Waals surface area contributed by atoms with Crippen LogP contribution in [0.15, 0.2) is 42.5 Å². The summed E-state index contributed by atoms with van der Waals surface area (Å²) in [5, 5.41) is 12.0. The number of benzene rings is 2. The Bertz CT molecular complexity index is 834. The highest BCUT2D eigenvalue weighted by Gasteiger charge is 2.40. The van der Waals surface area contributed by atoms with Gasteiger partial charge in [-0.05, 0) is 55.9 Å². The average molecular weight is 369 g/mol. The molecule has 1 fully saturated rings. The SMILES string of the molecule is CC(C)(C)OC(=O)N1C[C@H](CCc2cccc3ccccc23)[C@@H](C(=O)O)C1. The van der Waals surface area contributed by atoms with E-state index < -0.39 is 23.6 Å². The van der Waals surface area contributed by atoms with Gasteiger partial charge in [-0.1, -0.05) is 42.5 Å². The van der Waals surface area contributed by atoms with Crippen LogP contribution in [0.2, 0.25) is 0 Å². The van der Waals surface area contributed by atoms with E-state index in [0.717, 1.165) is 12.8 Å². The van der Waals surface area contributed by atoms with Gasteiger partial charge < -0.3 is 14.7 Å². The first-order chi connectivity index (χ1) is 12.7. The van der Waals surface area contributed by atoms with Crippen LogP contribution in [0.5, 0.6) is 0 Å². The zero-order valence-corrected chi connectivity index (χ0v) is 16.1. The van der Waals surface area contributed by atoms with Crippen LogP contribution in [-0.2, 0) is 16.0 Å². The predicted octanol–water partition coefficient (Wildman–Crippen LogP) is 4.34. The molecule has 27 heavy (non-hydrogen) atoms. The van der Waals surface area contributed by atoms with E-state index in [1.54, 1.807) is 0 Å². The molecule has 1 heterocycles. The van der Waals surface area contributed by atoms with Gasteiger partial charge >= 0.3 is 12.1 Å². The lowest BCUT2D eigenvalue weighted by molar-refractivity contribution is -0.142. The molecule has 0 spiro atoms. The van der Waals surface area contributed by atoms with Crippen molar-refractivity contribution >= 4 is 22.8 Å². The molecule has 5 heteroatoms. The number of rotatable bonds is 4. The molecule has 1 aliphatic heterocycles. The molecular formula is C22H27NO4. The van der Waals surface area contributed by atoms with Crippen molar-refractivity contribution in [3.8, 4) is 0 Å². The maximum atomic E-state index is 12.3. The molecule has 1 saturated heterocycles. The van der Waals surface area contributed by atoms with E-state index >= 15 is 0 Å². The average Bonchev–Trinajstić information content (AvgIpc) is 3.03. The number of carboxylic acid groups (broad SMARTS) is 1. The highest BCUT2D eigenvalue weighted by molar-refractivity contribution is 5.85. The van der Waals surface area contributed by atoms with E-state index in [1.165, 1.54) is 21.2 Å². The van der Waals surface area contributed by atoms with E-state index in [1.807, 2.05) is 39.0 Å². The van der Waals surface area contributed by atoms with E-state index in [4.69, 9.17) is 4.74 Å². The first kappa shape index (κ1) is 19.2. The van der Waals surface area contributed by atoms with Crippen LogP contribution in [-0.4, -0.2) is 40.8 Å². The van der Waals surface area contributed by atoms with Crippen LogP contribution < -0.4 is 0 Å². The first-order valence-electron chi connectivity index (χ1n) is 9.42. The topological polar surface area (TPSA) is 66.8 Å². The summed E-state index contributed by atoms with van der Waals surface area (Å²) in [6.45, 7) is 6.08. The lowest BCUT2D eigenvalue weighted by atomic mass is 9.89. The van der Waals surface area contributed by atoms with Crippen molar-refractivity contribution in [3.63, 3.8) is 0 Å². The molecule has 2 aromatic carbocycles. The molecule has 0 radical (unpaired) electrons. The largest absolute Gasteiger partial charge is 0.481 e. The normalized spacial score (nSPS) is 20.0. The number of nitrogens with zero attached hydrogens (tertiary/aromatic N) is 1. The fourth-order valence-corrected chi connectivity index (χ4v) is 3.77. The van der Waals surface area contributed by atoms with Crippen molar-refractivity contribution in [2.24, 2.45) is 11.8 Å². The summed E-state index contributed by atoms with van der Waals surface area (Å²) in [7, 11) is 0. The maximum Gasteiger partial charge on any atom is 0.410 e. The van der Waals surface area contributed by atoms with Gasteiger partial charge in [0, 0.05) is 13.1 Å². The summed E-state index contributed by atoms with van der Waals surface area (Å²) in [5.74, 6) is -1.47. The van der Waals surface area contributed by atoms with Crippen molar-refractivity contribution in [1.82, 2.24) is 4.90 Å². The Labute approximate surface area is 159 Å². The van der Waals surface area contributed by atoms with Crippen LogP contribution in [0.4, 0.5) is 4.79 Å². The maximum absolute atomic E-state index is 12.3. The third kappa shape index (κ3) is 4.59. The molecule has 0 unspecified atom stereocenters. The van der Waals surface area contributed by atoms with E-state index in [-0.39, 0.29) is 12.5 Å². The fraction of sp³-hybridized carbons (Fsp3) is 0.455. The summed E-state index contributed by atoms with van der Waals surface area (Å²) >= 11 is 0. The van der Waals surface area contributed by atoms with Crippen LogP contribution in [0.1, 0.15) is 32.8 Å². The summed E-state index contributed by atoms with van der Waals surface area (Å²) in [6.07, 6.45) is 1.09. The van der Waals surface area contributed by atoms with Crippen LogP contribution in [0, 0.1) is 11.8 Å². The Kier molecular flexibility index (Phi) is 5.40. The molecule has 0 aromatic heterocycles. The third-order valence-electron chi connectivity index (χ3n) is 5.07.